The van der Waals surface area contributed by atoms with Crippen LogP contribution in [0.25, 0.3) is 0 Å². The van der Waals surface area contributed by atoms with E-state index in [2.05, 4.69) is 0 Å². The summed E-state index contributed by atoms with van der Waals surface area (Å²) in [6.07, 6.45) is 0. The standard InChI is InChI=1S/C9H11ClO2/c1-12-9-4-7(5-10)2-3-8(9)6-11/h2-4,11H,5-6H2,1H3. The third kappa shape index (κ3) is 1.90. The van der Waals surface area contributed by atoms with Crippen LogP contribution in [0.15, 0.2) is 18.2 Å². The molecule has 1 N–H and O–H groups in total. The minimum Gasteiger partial charge on any atom is -0.496 e. The number of alkyl halides is 1. The van der Waals surface area contributed by atoms with Gasteiger partial charge in [0.1, 0.15) is 5.75 Å². The first-order chi connectivity index (χ1) is 5.81. The van der Waals surface area contributed by atoms with Crippen molar-refractivity contribution in [1.29, 1.82) is 0 Å². The molecule has 0 atom stereocenters. The van der Waals surface area contributed by atoms with Crippen LogP contribution in [-0.2, 0) is 12.5 Å². The van der Waals surface area contributed by atoms with E-state index in [1.807, 2.05) is 18.2 Å². The van der Waals surface area contributed by atoms with Crippen molar-refractivity contribution in [3.63, 3.8) is 0 Å². The molecule has 0 fully saturated rings. The molecule has 0 spiro atoms. The quantitative estimate of drug-likeness (QED) is 0.731. The topological polar surface area (TPSA) is 29.5 Å². The smallest absolute Gasteiger partial charge is 0.124 e. The van der Waals surface area contributed by atoms with E-state index in [9.17, 15) is 0 Å². The van der Waals surface area contributed by atoms with E-state index in [1.54, 1.807) is 7.11 Å². The van der Waals surface area contributed by atoms with Gasteiger partial charge in [0.15, 0.2) is 0 Å². The first-order valence-electron chi connectivity index (χ1n) is 3.64. The number of methoxy groups -OCH3 is 1. The maximum atomic E-state index is 8.90. The number of hydrogen-bond donors (Lipinski definition) is 1. The Morgan fingerprint density at radius 1 is 1.50 bits per heavy atom. The number of rotatable bonds is 3. The Labute approximate surface area is 76.7 Å². The fourth-order valence-corrected chi connectivity index (χ4v) is 1.17. The predicted molar refractivity (Wildman–Crippen MR) is 48.5 cm³/mol. The summed E-state index contributed by atoms with van der Waals surface area (Å²) in [5, 5.41) is 8.90. The van der Waals surface area contributed by atoms with Gasteiger partial charge in [0.2, 0.25) is 0 Å². The van der Waals surface area contributed by atoms with Crippen LogP contribution in [0.4, 0.5) is 0 Å². The van der Waals surface area contributed by atoms with Crippen molar-refractivity contribution in [2.45, 2.75) is 12.5 Å². The van der Waals surface area contributed by atoms with E-state index in [4.69, 9.17) is 21.4 Å². The average molecular weight is 187 g/mol. The Morgan fingerprint density at radius 3 is 2.75 bits per heavy atom. The molecule has 0 amide bonds. The van der Waals surface area contributed by atoms with Crippen LogP contribution in [0.1, 0.15) is 11.1 Å². The van der Waals surface area contributed by atoms with Crippen molar-refractivity contribution in [1.82, 2.24) is 0 Å². The molecule has 12 heavy (non-hydrogen) atoms. The Hall–Kier alpha value is -0.730. The van der Waals surface area contributed by atoms with Crippen molar-refractivity contribution in [2.24, 2.45) is 0 Å². The third-order valence-corrected chi connectivity index (χ3v) is 1.98. The summed E-state index contributed by atoms with van der Waals surface area (Å²) in [5.41, 5.74) is 1.78. The van der Waals surface area contributed by atoms with Gasteiger partial charge in [-0.3, -0.25) is 0 Å². The highest BCUT2D eigenvalue weighted by Crippen LogP contribution is 2.20. The molecule has 2 nitrogen and oxygen atoms in total. The van der Waals surface area contributed by atoms with Gasteiger partial charge in [-0.15, -0.1) is 11.6 Å². The summed E-state index contributed by atoms with van der Waals surface area (Å²) in [6, 6.07) is 5.52. The summed E-state index contributed by atoms with van der Waals surface area (Å²) in [6.45, 7) is -0.00820. The van der Waals surface area contributed by atoms with E-state index in [1.165, 1.54) is 0 Å². The third-order valence-electron chi connectivity index (χ3n) is 1.68. The van der Waals surface area contributed by atoms with Crippen LogP contribution >= 0.6 is 11.6 Å². The molecule has 0 heterocycles. The number of aliphatic hydroxyl groups excluding tert-OH is 1. The van der Waals surface area contributed by atoms with Crippen LogP contribution in [-0.4, -0.2) is 12.2 Å². The lowest BCUT2D eigenvalue weighted by Gasteiger charge is -2.06. The maximum Gasteiger partial charge on any atom is 0.124 e. The first-order valence-corrected chi connectivity index (χ1v) is 4.18. The van der Waals surface area contributed by atoms with Gasteiger partial charge in [-0.25, -0.2) is 0 Å². The largest absolute Gasteiger partial charge is 0.496 e. The van der Waals surface area contributed by atoms with Gasteiger partial charge < -0.3 is 9.84 Å². The fraction of sp³-hybridized carbons (Fsp3) is 0.333. The second-order valence-corrected chi connectivity index (χ2v) is 2.71. The number of benzene rings is 1. The van der Waals surface area contributed by atoms with Crippen LogP contribution in [0.2, 0.25) is 0 Å². The average Bonchev–Trinajstić information content (AvgIpc) is 2.16. The number of halogens is 1. The molecule has 0 bridgehead atoms. The SMILES string of the molecule is COc1cc(CCl)ccc1CO. The lowest BCUT2D eigenvalue weighted by Crippen LogP contribution is -1.92. The molecule has 0 aliphatic rings. The van der Waals surface area contributed by atoms with Crippen LogP contribution < -0.4 is 4.74 Å². The molecule has 0 saturated heterocycles. The van der Waals surface area contributed by atoms with Gasteiger partial charge in [0, 0.05) is 11.4 Å². The lowest BCUT2D eigenvalue weighted by atomic mass is 10.1. The molecule has 1 aromatic rings. The normalized spacial score (nSPS) is 9.92. The van der Waals surface area contributed by atoms with Crippen LogP contribution in [0, 0.1) is 0 Å². The minimum absolute atomic E-state index is 0.00820. The zero-order valence-electron chi connectivity index (χ0n) is 6.88. The van der Waals surface area contributed by atoms with E-state index in [0.29, 0.717) is 11.6 Å². The summed E-state index contributed by atoms with van der Waals surface area (Å²) in [5.74, 6) is 1.15. The predicted octanol–water partition coefficient (Wildman–Crippen LogP) is 1.93. The molecular weight excluding hydrogens is 176 g/mol. The number of ether oxygens (including phenoxy) is 1. The zero-order chi connectivity index (χ0) is 8.97. The van der Waals surface area contributed by atoms with Crippen molar-refractivity contribution < 1.29 is 9.84 Å². The van der Waals surface area contributed by atoms with E-state index >= 15 is 0 Å². The molecule has 1 rings (SSSR count). The first kappa shape index (κ1) is 9.36. The number of hydrogen-bond acceptors (Lipinski definition) is 2. The highest BCUT2D eigenvalue weighted by Gasteiger charge is 2.01. The summed E-state index contributed by atoms with van der Waals surface area (Å²) >= 11 is 5.63. The second-order valence-electron chi connectivity index (χ2n) is 2.44. The molecule has 66 valence electrons. The molecule has 0 aliphatic heterocycles. The van der Waals surface area contributed by atoms with E-state index < -0.39 is 0 Å². The van der Waals surface area contributed by atoms with Crippen molar-refractivity contribution in [2.75, 3.05) is 7.11 Å². The molecular formula is C9H11ClO2. The van der Waals surface area contributed by atoms with Gasteiger partial charge in [-0.2, -0.15) is 0 Å². The van der Waals surface area contributed by atoms with Gasteiger partial charge in [-0.05, 0) is 11.6 Å². The van der Waals surface area contributed by atoms with Gasteiger partial charge in [-0.1, -0.05) is 12.1 Å². The van der Waals surface area contributed by atoms with Gasteiger partial charge in [0.25, 0.3) is 0 Å². The maximum absolute atomic E-state index is 8.90. The van der Waals surface area contributed by atoms with E-state index in [0.717, 1.165) is 11.1 Å². The minimum atomic E-state index is -0.00820. The molecule has 0 saturated carbocycles. The van der Waals surface area contributed by atoms with Crippen LogP contribution in [0.5, 0.6) is 5.75 Å². The Bertz CT molecular complexity index is 261. The number of aliphatic hydroxyl groups is 1. The van der Waals surface area contributed by atoms with Crippen molar-refractivity contribution >= 4 is 11.6 Å². The van der Waals surface area contributed by atoms with Crippen molar-refractivity contribution in [3.05, 3.63) is 29.3 Å². The Balaban J connectivity index is 3.02. The second kappa shape index (κ2) is 4.33. The Morgan fingerprint density at radius 2 is 2.25 bits per heavy atom. The molecule has 0 unspecified atom stereocenters. The molecule has 0 aliphatic carbocycles. The summed E-state index contributed by atoms with van der Waals surface area (Å²) in [4.78, 5) is 0. The summed E-state index contributed by atoms with van der Waals surface area (Å²) in [7, 11) is 1.58. The van der Waals surface area contributed by atoms with E-state index in [-0.39, 0.29) is 6.61 Å². The highest BCUT2D eigenvalue weighted by molar-refractivity contribution is 6.17. The zero-order valence-corrected chi connectivity index (χ0v) is 7.64. The van der Waals surface area contributed by atoms with Crippen molar-refractivity contribution in [3.8, 4) is 5.75 Å². The molecule has 0 aromatic heterocycles. The molecule has 1 aromatic carbocycles. The van der Waals surface area contributed by atoms with Crippen LogP contribution in [0.3, 0.4) is 0 Å². The lowest BCUT2D eigenvalue weighted by molar-refractivity contribution is 0.273. The molecule has 0 radical (unpaired) electrons. The van der Waals surface area contributed by atoms with Gasteiger partial charge in [0.05, 0.1) is 13.7 Å². The monoisotopic (exact) mass is 186 g/mol. The summed E-state index contributed by atoms with van der Waals surface area (Å²) < 4.78 is 5.06. The Kier molecular flexibility index (Phi) is 3.38. The molecule has 3 heteroatoms. The highest BCUT2D eigenvalue weighted by atomic mass is 35.5. The van der Waals surface area contributed by atoms with Gasteiger partial charge >= 0.3 is 0 Å². The fourth-order valence-electron chi connectivity index (χ4n) is 1.00.